The molecule has 0 aromatic carbocycles. The summed E-state index contributed by atoms with van der Waals surface area (Å²) in [7, 11) is 1.70. The maximum absolute atomic E-state index is 11.7. The van der Waals surface area contributed by atoms with E-state index in [-0.39, 0.29) is 5.91 Å². The van der Waals surface area contributed by atoms with Crippen molar-refractivity contribution >= 4 is 11.7 Å². The third-order valence-electron chi connectivity index (χ3n) is 1.92. The van der Waals surface area contributed by atoms with Crippen molar-refractivity contribution in [1.82, 2.24) is 14.9 Å². The quantitative estimate of drug-likeness (QED) is 0.794. The maximum Gasteiger partial charge on any atom is 0.275 e. The Morgan fingerprint density at radius 3 is 2.93 bits per heavy atom. The van der Waals surface area contributed by atoms with Crippen LogP contribution in [0.2, 0.25) is 0 Å². The predicted molar refractivity (Wildman–Crippen MR) is 52.4 cm³/mol. The number of amides is 1. The molecule has 0 bridgehead atoms. The normalized spacial score (nSPS) is 10.3. The Bertz CT molecular complexity index is 486. The van der Waals surface area contributed by atoms with Crippen LogP contribution >= 0.6 is 0 Å². The van der Waals surface area contributed by atoms with Gasteiger partial charge in [0.25, 0.3) is 5.91 Å². The molecule has 0 fully saturated rings. The van der Waals surface area contributed by atoms with Crippen LogP contribution in [-0.2, 0) is 7.05 Å². The third-order valence-corrected chi connectivity index (χ3v) is 1.92. The number of nitrogens with one attached hydrogen (secondary N) is 1. The zero-order chi connectivity index (χ0) is 10.8. The molecule has 2 rings (SSSR count). The van der Waals surface area contributed by atoms with Gasteiger partial charge in [-0.25, -0.2) is 0 Å². The van der Waals surface area contributed by atoms with Gasteiger partial charge in [-0.05, 0) is 13.0 Å². The van der Waals surface area contributed by atoms with Crippen molar-refractivity contribution in [2.45, 2.75) is 6.92 Å². The largest absolute Gasteiger partial charge is 0.360 e. The van der Waals surface area contributed by atoms with E-state index in [1.165, 1.54) is 4.68 Å². The van der Waals surface area contributed by atoms with E-state index in [0.717, 1.165) is 0 Å². The molecule has 0 radical (unpaired) electrons. The van der Waals surface area contributed by atoms with Gasteiger partial charge in [-0.15, -0.1) is 0 Å². The lowest BCUT2D eigenvalue weighted by Crippen LogP contribution is -2.16. The summed E-state index contributed by atoms with van der Waals surface area (Å²) in [5, 5.41) is 10.2. The monoisotopic (exact) mass is 206 g/mol. The van der Waals surface area contributed by atoms with Gasteiger partial charge >= 0.3 is 0 Å². The highest BCUT2D eigenvalue weighted by Crippen LogP contribution is 2.08. The van der Waals surface area contributed by atoms with E-state index in [4.69, 9.17) is 4.52 Å². The van der Waals surface area contributed by atoms with Crippen LogP contribution in [0.4, 0.5) is 5.82 Å². The Labute approximate surface area is 85.9 Å². The maximum atomic E-state index is 11.7. The Morgan fingerprint density at radius 2 is 2.40 bits per heavy atom. The van der Waals surface area contributed by atoms with Crippen molar-refractivity contribution in [1.29, 1.82) is 0 Å². The number of nitrogens with zero attached hydrogens (tertiary/aromatic N) is 3. The second-order valence-corrected chi connectivity index (χ2v) is 3.12. The number of rotatable bonds is 2. The topological polar surface area (TPSA) is 73.0 Å². The van der Waals surface area contributed by atoms with E-state index < -0.39 is 0 Å². The molecule has 6 nitrogen and oxygen atoms in total. The first kappa shape index (κ1) is 9.45. The minimum Gasteiger partial charge on any atom is -0.360 e. The molecule has 0 unspecified atom stereocenters. The van der Waals surface area contributed by atoms with Gasteiger partial charge in [0.05, 0.1) is 0 Å². The van der Waals surface area contributed by atoms with Crippen molar-refractivity contribution in [3.63, 3.8) is 0 Å². The van der Waals surface area contributed by atoms with E-state index in [0.29, 0.717) is 17.3 Å². The lowest BCUT2D eigenvalue weighted by atomic mass is 10.4. The summed E-state index contributed by atoms with van der Waals surface area (Å²) >= 11 is 0. The Hall–Kier alpha value is -2.11. The van der Waals surface area contributed by atoms with E-state index in [1.807, 2.05) is 0 Å². The van der Waals surface area contributed by atoms with Crippen molar-refractivity contribution in [2.75, 3.05) is 5.32 Å². The third kappa shape index (κ3) is 1.88. The van der Waals surface area contributed by atoms with Gasteiger partial charge in [0.2, 0.25) is 0 Å². The van der Waals surface area contributed by atoms with Crippen LogP contribution in [0.5, 0.6) is 0 Å². The lowest BCUT2D eigenvalue weighted by Gasteiger charge is -2.00. The van der Waals surface area contributed by atoms with Crippen LogP contribution in [0, 0.1) is 6.92 Å². The summed E-state index contributed by atoms with van der Waals surface area (Å²) < 4.78 is 6.31. The second kappa shape index (κ2) is 3.56. The van der Waals surface area contributed by atoms with E-state index in [9.17, 15) is 4.79 Å². The summed E-state index contributed by atoms with van der Waals surface area (Å²) in [6.07, 6.45) is 1.56. The highest BCUT2D eigenvalue weighted by molar-refractivity contribution is 6.02. The van der Waals surface area contributed by atoms with Gasteiger partial charge in [-0.3, -0.25) is 9.48 Å². The number of anilines is 1. The second-order valence-electron chi connectivity index (χ2n) is 3.12. The zero-order valence-electron chi connectivity index (χ0n) is 8.39. The van der Waals surface area contributed by atoms with Crippen molar-refractivity contribution in [3.05, 3.63) is 29.8 Å². The first-order chi connectivity index (χ1) is 7.16. The standard InChI is InChI=1S/C9H10N4O2/c1-6-5-8(12-15-6)11-9(14)7-3-4-10-13(7)2/h3-5H,1-2H3,(H,11,12,14). The molecule has 0 aliphatic rings. The Morgan fingerprint density at radius 1 is 1.60 bits per heavy atom. The SMILES string of the molecule is Cc1cc(NC(=O)c2ccnn2C)no1. The van der Waals surface area contributed by atoms with Gasteiger partial charge in [-0.1, -0.05) is 5.16 Å². The predicted octanol–water partition coefficient (Wildman–Crippen LogP) is 0.969. The van der Waals surface area contributed by atoms with Crippen LogP contribution in [-0.4, -0.2) is 20.8 Å². The molecule has 1 N–H and O–H groups in total. The van der Waals surface area contributed by atoms with Crippen LogP contribution in [0.25, 0.3) is 0 Å². The van der Waals surface area contributed by atoms with Gasteiger partial charge in [0.15, 0.2) is 5.82 Å². The highest BCUT2D eigenvalue weighted by atomic mass is 16.5. The molecule has 0 aliphatic carbocycles. The molecule has 6 heteroatoms. The molecule has 0 saturated heterocycles. The van der Waals surface area contributed by atoms with Gasteiger partial charge in [-0.2, -0.15) is 5.10 Å². The number of carbonyl (C=O) groups is 1. The van der Waals surface area contributed by atoms with Crippen LogP contribution in [0.3, 0.4) is 0 Å². The van der Waals surface area contributed by atoms with Crippen molar-refractivity contribution < 1.29 is 9.32 Å². The summed E-state index contributed by atoms with van der Waals surface area (Å²) in [6, 6.07) is 3.27. The van der Waals surface area contributed by atoms with Crippen molar-refractivity contribution in [3.8, 4) is 0 Å². The average Bonchev–Trinajstić information content (AvgIpc) is 2.75. The van der Waals surface area contributed by atoms with Crippen LogP contribution in [0.1, 0.15) is 16.2 Å². The van der Waals surface area contributed by atoms with Gasteiger partial charge in [0.1, 0.15) is 11.5 Å². The first-order valence-corrected chi connectivity index (χ1v) is 4.39. The Balaban J connectivity index is 2.14. The minimum absolute atomic E-state index is 0.261. The fourth-order valence-electron chi connectivity index (χ4n) is 1.20. The van der Waals surface area contributed by atoms with Gasteiger partial charge in [0, 0.05) is 19.3 Å². The minimum atomic E-state index is -0.261. The summed E-state index contributed by atoms with van der Waals surface area (Å²) in [6.45, 7) is 1.76. The molecule has 2 aromatic rings. The summed E-state index contributed by atoms with van der Waals surface area (Å²) in [5.41, 5.74) is 0.468. The average molecular weight is 206 g/mol. The molecule has 0 atom stereocenters. The number of hydrogen-bond donors (Lipinski definition) is 1. The first-order valence-electron chi connectivity index (χ1n) is 4.39. The molecule has 0 saturated carbocycles. The number of hydrogen-bond acceptors (Lipinski definition) is 4. The molecular weight excluding hydrogens is 196 g/mol. The van der Waals surface area contributed by atoms with Crippen LogP contribution in [0.15, 0.2) is 22.9 Å². The molecule has 0 spiro atoms. The molecule has 0 aliphatic heterocycles. The smallest absolute Gasteiger partial charge is 0.275 e. The lowest BCUT2D eigenvalue weighted by molar-refractivity contribution is 0.101. The number of aryl methyl sites for hydroxylation is 2. The molecule has 78 valence electrons. The number of aromatic nitrogens is 3. The highest BCUT2D eigenvalue weighted by Gasteiger charge is 2.11. The van der Waals surface area contributed by atoms with E-state index in [1.54, 1.807) is 32.3 Å². The zero-order valence-corrected chi connectivity index (χ0v) is 8.39. The fraction of sp³-hybridized carbons (Fsp3) is 0.222. The summed E-state index contributed by atoms with van der Waals surface area (Å²) in [5.74, 6) is 0.789. The molecule has 2 aromatic heterocycles. The van der Waals surface area contributed by atoms with E-state index >= 15 is 0 Å². The van der Waals surface area contributed by atoms with Gasteiger partial charge < -0.3 is 9.84 Å². The molecular formula is C9H10N4O2. The molecule has 2 heterocycles. The van der Waals surface area contributed by atoms with Crippen molar-refractivity contribution in [2.24, 2.45) is 7.05 Å². The number of carbonyl (C=O) groups excluding carboxylic acids is 1. The van der Waals surface area contributed by atoms with Crippen LogP contribution < -0.4 is 5.32 Å². The molecule has 15 heavy (non-hydrogen) atoms. The fourth-order valence-corrected chi connectivity index (χ4v) is 1.20. The van der Waals surface area contributed by atoms with E-state index in [2.05, 4.69) is 15.6 Å². The Kier molecular flexibility index (Phi) is 2.24. The molecule has 1 amide bonds. The summed E-state index contributed by atoms with van der Waals surface area (Å²) in [4.78, 5) is 11.7.